The SMILES string of the molecule is O=S(=O)(Nc1ccc(F)cc1I)c1cc(CO)sc1Br. The molecule has 0 spiro atoms. The van der Waals surface area contributed by atoms with E-state index in [0.29, 0.717) is 17.9 Å². The first-order valence-corrected chi connectivity index (χ1v) is 9.37. The minimum atomic E-state index is -3.79. The van der Waals surface area contributed by atoms with Crippen LogP contribution in [0.1, 0.15) is 4.88 Å². The fraction of sp³-hybridized carbons (Fsp3) is 0.0909. The normalized spacial score (nSPS) is 11.6. The molecule has 2 rings (SSSR count). The Morgan fingerprint density at radius 1 is 1.40 bits per heavy atom. The monoisotopic (exact) mass is 491 g/mol. The Kier molecular flexibility index (Phi) is 5.05. The maximum absolute atomic E-state index is 13.0. The number of rotatable bonds is 4. The van der Waals surface area contributed by atoms with E-state index < -0.39 is 15.8 Å². The van der Waals surface area contributed by atoms with E-state index in [0.717, 1.165) is 11.3 Å². The number of hydrogen-bond donors (Lipinski definition) is 2. The van der Waals surface area contributed by atoms with Gasteiger partial charge in [-0.15, -0.1) is 11.3 Å². The van der Waals surface area contributed by atoms with Crippen molar-refractivity contribution in [1.29, 1.82) is 0 Å². The minimum absolute atomic E-state index is 0.0478. The van der Waals surface area contributed by atoms with Crippen molar-refractivity contribution in [2.45, 2.75) is 11.5 Å². The molecule has 0 aliphatic rings. The molecule has 108 valence electrons. The molecule has 1 heterocycles. The Morgan fingerprint density at radius 2 is 2.10 bits per heavy atom. The van der Waals surface area contributed by atoms with Gasteiger partial charge in [0, 0.05) is 8.45 Å². The van der Waals surface area contributed by atoms with E-state index in [4.69, 9.17) is 5.11 Å². The molecule has 2 aromatic rings. The van der Waals surface area contributed by atoms with E-state index >= 15 is 0 Å². The average Bonchev–Trinajstić information content (AvgIpc) is 2.75. The fourth-order valence-electron chi connectivity index (χ4n) is 1.43. The van der Waals surface area contributed by atoms with E-state index in [1.807, 2.05) is 22.6 Å². The number of thiophene rings is 1. The zero-order chi connectivity index (χ0) is 14.9. The van der Waals surface area contributed by atoms with Crippen LogP contribution in [0.2, 0.25) is 0 Å². The van der Waals surface area contributed by atoms with Crippen molar-refractivity contribution in [2.24, 2.45) is 0 Å². The lowest BCUT2D eigenvalue weighted by Gasteiger charge is -2.09. The number of aliphatic hydroxyl groups excluding tert-OH is 1. The summed E-state index contributed by atoms with van der Waals surface area (Å²) in [5, 5.41) is 9.04. The van der Waals surface area contributed by atoms with Crippen LogP contribution in [0.3, 0.4) is 0 Å². The van der Waals surface area contributed by atoms with Gasteiger partial charge in [-0.3, -0.25) is 4.72 Å². The van der Waals surface area contributed by atoms with E-state index in [1.165, 1.54) is 24.3 Å². The summed E-state index contributed by atoms with van der Waals surface area (Å²) in [5.74, 6) is -0.434. The minimum Gasteiger partial charge on any atom is -0.391 e. The zero-order valence-electron chi connectivity index (χ0n) is 9.73. The third-order valence-corrected chi connectivity index (χ3v) is 6.82. The average molecular weight is 492 g/mol. The van der Waals surface area contributed by atoms with E-state index in [-0.39, 0.29) is 11.5 Å². The Labute approximate surface area is 141 Å². The van der Waals surface area contributed by atoms with E-state index in [2.05, 4.69) is 20.7 Å². The Bertz CT molecular complexity index is 748. The molecular weight excluding hydrogens is 484 g/mol. The highest BCUT2D eigenvalue weighted by Gasteiger charge is 2.21. The highest BCUT2D eigenvalue weighted by molar-refractivity contribution is 14.1. The summed E-state index contributed by atoms with van der Waals surface area (Å²) in [5.41, 5.74) is 0.302. The second-order valence-corrected chi connectivity index (χ2v) is 9.01. The van der Waals surface area contributed by atoms with Gasteiger partial charge in [-0.1, -0.05) is 0 Å². The van der Waals surface area contributed by atoms with E-state index in [9.17, 15) is 12.8 Å². The van der Waals surface area contributed by atoms with Gasteiger partial charge in [-0.25, -0.2) is 12.8 Å². The third kappa shape index (κ3) is 3.50. The number of nitrogens with one attached hydrogen (secondary N) is 1. The van der Waals surface area contributed by atoms with E-state index in [1.54, 1.807) is 0 Å². The van der Waals surface area contributed by atoms with Gasteiger partial charge < -0.3 is 5.11 Å². The highest BCUT2D eigenvalue weighted by atomic mass is 127. The number of hydrogen-bond acceptors (Lipinski definition) is 4. The molecule has 0 fully saturated rings. The molecule has 0 unspecified atom stereocenters. The number of sulfonamides is 1. The summed E-state index contributed by atoms with van der Waals surface area (Å²) in [6.45, 7) is -0.229. The van der Waals surface area contributed by atoms with Crippen LogP contribution in [0.25, 0.3) is 0 Å². The van der Waals surface area contributed by atoms with Crippen molar-refractivity contribution in [2.75, 3.05) is 4.72 Å². The van der Waals surface area contributed by atoms with Crippen LogP contribution in [0, 0.1) is 9.39 Å². The van der Waals surface area contributed by atoms with Crippen LogP contribution >= 0.6 is 49.9 Å². The summed E-state index contributed by atoms with van der Waals surface area (Å²) in [4.78, 5) is 0.581. The molecule has 0 aliphatic carbocycles. The molecule has 9 heteroatoms. The lowest BCUT2D eigenvalue weighted by atomic mass is 10.3. The van der Waals surface area contributed by atoms with Crippen LogP contribution in [0.15, 0.2) is 32.9 Å². The molecule has 1 aromatic carbocycles. The summed E-state index contributed by atoms with van der Waals surface area (Å²) in [6, 6.07) is 5.18. The molecule has 0 atom stereocenters. The third-order valence-electron chi connectivity index (χ3n) is 2.33. The van der Waals surface area contributed by atoms with Crippen molar-refractivity contribution in [3.8, 4) is 0 Å². The van der Waals surface area contributed by atoms with Gasteiger partial charge >= 0.3 is 0 Å². The maximum atomic E-state index is 13.0. The summed E-state index contributed by atoms with van der Waals surface area (Å²) in [7, 11) is -3.79. The van der Waals surface area contributed by atoms with Gasteiger partial charge in [0.2, 0.25) is 0 Å². The molecule has 20 heavy (non-hydrogen) atoms. The predicted octanol–water partition coefficient (Wildman–Crippen LogP) is 3.55. The smallest absolute Gasteiger partial charge is 0.263 e. The number of benzene rings is 1. The highest BCUT2D eigenvalue weighted by Crippen LogP contribution is 2.33. The van der Waals surface area contributed by atoms with Crippen LogP contribution < -0.4 is 4.72 Å². The van der Waals surface area contributed by atoms with Gasteiger partial charge in [0.25, 0.3) is 10.0 Å². The van der Waals surface area contributed by atoms with Gasteiger partial charge in [-0.2, -0.15) is 0 Å². The first-order chi connectivity index (χ1) is 9.33. The Balaban J connectivity index is 2.38. The van der Waals surface area contributed by atoms with Gasteiger partial charge in [0.05, 0.1) is 16.1 Å². The quantitative estimate of drug-likeness (QED) is 0.643. The fourth-order valence-corrected chi connectivity index (χ4v) is 5.85. The number of anilines is 1. The maximum Gasteiger partial charge on any atom is 0.263 e. The van der Waals surface area contributed by atoms with Crippen molar-refractivity contribution < 1.29 is 17.9 Å². The van der Waals surface area contributed by atoms with Gasteiger partial charge in [-0.05, 0) is 62.8 Å². The summed E-state index contributed by atoms with van der Waals surface area (Å²) < 4.78 is 40.8. The van der Waals surface area contributed by atoms with Crippen molar-refractivity contribution in [3.63, 3.8) is 0 Å². The predicted molar refractivity (Wildman–Crippen MR) is 87.9 cm³/mol. The molecule has 0 saturated carbocycles. The number of aliphatic hydroxyl groups is 1. The molecule has 0 saturated heterocycles. The van der Waals surface area contributed by atoms with Gasteiger partial charge in [0.1, 0.15) is 10.7 Å². The lowest BCUT2D eigenvalue weighted by molar-refractivity contribution is 0.285. The van der Waals surface area contributed by atoms with Crippen molar-refractivity contribution in [3.05, 3.63) is 42.3 Å². The second-order valence-electron chi connectivity index (χ2n) is 3.74. The van der Waals surface area contributed by atoms with Crippen molar-refractivity contribution >= 4 is 65.6 Å². The van der Waals surface area contributed by atoms with Crippen LogP contribution in [0.4, 0.5) is 10.1 Å². The second kappa shape index (κ2) is 6.26. The largest absolute Gasteiger partial charge is 0.391 e. The summed E-state index contributed by atoms with van der Waals surface area (Å²) in [6.07, 6.45) is 0. The van der Waals surface area contributed by atoms with Crippen LogP contribution in [0.5, 0.6) is 0 Å². The summed E-state index contributed by atoms with van der Waals surface area (Å²) >= 11 is 6.16. The molecule has 0 bridgehead atoms. The molecule has 2 N–H and O–H groups in total. The first-order valence-electron chi connectivity index (χ1n) is 5.20. The molecular formula is C11H8BrFINO3S2. The standard InChI is InChI=1S/C11H8BrFINO3S2/c12-11-10(4-7(5-16)19-11)20(17,18)15-9-2-1-6(13)3-8(9)14/h1-4,15-16H,5H2. The number of halogens is 3. The molecule has 0 radical (unpaired) electrons. The van der Waals surface area contributed by atoms with Crippen LogP contribution in [-0.2, 0) is 16.6 Å². The Hall–Kier alpha value is -0.230. The lowest BCUT2D eigenvalue weighted by Crippen LogP contribution is -2.13. The zero-order valence-corrected chi connectivity index (χ0v) is 15.1. The van der Waals surface area contributed by atoms with Crippen molar-refractivity contribution in [1.82, 2.24) is 0 Å². The molecule has 0 amide bonds. The van der Waals surface area contributed by atoms with Crippen LogP contribution in [-0.4, -0.2) is 13.5 Å². The molecule has 1 aromatic heterocycles. The molecule has 4 nitrogen and oxygen atoms in total. The molecule has 0 aliphatic heterocycles. The topological polar surface area (TPSA) is 66.4 Å². The first kappa shape index (κ1) is 16.1. The Morgan fingerprint density at radius 3 is 2.65 bits per heavy atom. The van der Waals surface area contributed by atoms with Gasteiger partial charge in [0.15, 0.2) is 0 Å².